The predicted octanol–water partition coefficient (Wildman–Crippen LogP) is 3.07. The van der Waals surface area contributed by atoms with Crippen molar-refractivity contribution in [1.82, 2.24) is 5.32 Å². The van der Waals surface area contributed by atoms with Gasteiger partial charge in [0.2, 0.25) is 0 Å². The van der Waals surface area contributed by atoms with E-state index in [9.17, 15) is 9.59 Å². The van der Waals surface area contributed by atoms with Gasteiger partial charge >= 0.3 is 12.0 Å². The van der Waals surface area contributed by atoms with E-state index in [0.29, 0.717) is 10.2 Å². The molecule has 3 N–H and O–H groups in total. The minimum Gasteiger partial charge on any atom is -0.478 e. The van der Waals surface area contributed by atoms with Crippen LogP contribution in [0.15, 0.2) is 22.7 Å². The van der Waals surface area contributed by atoms with Crippen molar-refractivity contribution in [1.29, 1.82) is 0 Å². The SMILES string of the molecule is CCC(C)NC(=O)Nc1ccc(C(=O)O)cc1Br. The quantitative estimate of drug-likeness (QED) is 0.799. The number of halogens is 1. The Morgan fingerprint density at radius 3 is 2.61 bits per heavy atom. The number of benzene rings is 1. The van der Waals surface area contributed by atoms with E-state index in [1.807, 2.05) is 13.8 Å². The van der Waals surface area contributed by atoms with Gasteiger partial charge < -0.3 is 15.7 Å². The summed E-state index contributed by atoms with van der Waals surface area (Å²) in [5, 5.41) is 14.2. The van der Waals surface area contributed by atoms with Crippen LogP contribution in [0.3, 0.4) is 0 Å². The maximum Gasteiger partial charge on any atom is 0.335 e. The zero-order valence-electron chi connectivity index (χ0n) is 10.2. The predicted molar refractivity (Wildman–Crippen MR) is 73.0 cm³/mol. The fourth-order valence-corrected chi connectivity index (χ4v) is 1.71. The van der Waals surface area contributed by atoms with Crippen LogP contribution >= 0.6 is 15.9 Å². The lowest BCUT2D eigenvalue weighted by Gasteiger charge is -2.13. The lowest BCUT2D eigenvalue weighted by molar-refractivity contribution is 0.0697. The number of carboxylic acids is 1. The van der Waals surface area contributed by atoms with Crippen molar-refractivity contribution in [3.8, 4) is 0 Å². The highest BCUT2D eigenvalue weighted by atomic mass is 79.9. The molecule has 0 bridgehead atoms. The first-order valence-corrected chi connectivity index (χ1v) is 6.33. The van der Waals surface area contributed by atoms with E-state index in [1.165, 1.54) is 12.1 Å². The minimum absolute atomic E-state index is 0.0852. The maximum absolute atomic E-state index is 11.6. The first kappa shape index (κ1) is 14.5. The van der Waals surface area contributed by atoms with Gasteiger partial charge in [-0.15, -0.1) is 0 Å². The van der Waals surface area contributed by atoms with Crippen molar-refractivity contribution in [3.63, 3.8) is 0 Å². The molecule has 0 aromatic heterocycles. The zero-order chi connectivity index (χ0) is 13.7. The Labute approximate surface area is 114 Å². The third-order valence-electron chi connectivity index (χ3n) is 2.45. The fourth-order valence-electron chi connectivity index (χ4n) is 1.23. The summed E-state index contributed by atoms with van der Waals surface area (Å²) in [7, 11) is 0. The Morgan fingerprint density at radius 2 is 2.11 bits per heavy atom. The van der Waals surface area contributed by atoms with Gasteiger partial charge in [0.15, 0.2) is 0 Å². The van der Waals surface area contributed by atoms with E-state index in [4.69, 9.17) is 5.11 Å². The van der Waals surface area contributed by atoms with Gasteiger partial charge in [-0.3, -0.25) is 0 Å². The number of carbonyl (C=O) groups is 2. The number of hydrogen-bond acceptors (Lipinski definition) is 2. The Kier molecular flexibility index (Phi) is 5.15. The van der Waals surface area contributed by atoms with Crippen molar-refractivity contribution in [2.75, 3.05) is 5.32 Å². The van der Waals surface area contributed by atoms with Crippen molar-refractivity contribution < 1.29 is 14.7 Å². The number of hydrogen-bond donors (Lipinski definition) is 3. The highest BCUT2D eigenvalue weighted by Gasteiger charge is 2.10. The number of aromatic carboxylic acids is 1. The van der Waals surface area contributed by atoms with Gasteiger partial charge in [0, 0.05) is 10.5 Å². The van der Waals surface area contributed by atoms with Crippen LogP contribution in [0.2, 0.25) is 0 Å². The smallest absolute Gasteiger partial charge is 0.335 e. The van der Waals surface area contributed by atoms with E-state index in [0.717, 1.165) is 6.42 Å². The summed E-state index contributed by atoms with van der Waals surface area (Å²) in [6.45, 7) is 3.88. The standard InChI is InChI=1S/C12H15BrN2O3/c1-3-7(2)14-12(18)15-10-5-4-8(11(16)17)6-9(10)13/h4-7H,3H2,1-2H3,(H,16,17)(H2,14,15,18). The summed E-state index contributed by atoms with van der Waals surface area (Å²) in [4.78, 5) is 22.3. The molecule has 0 aliphatic carbocycles. The van der Waals surface area contributed by atoms with Crippen LogP contribution in [-0.2, 0) is 0 Å². The van der Waals surface area contributed by atoms with Crippen LogP contribution < -0.4 is 10.6 Å². The van der Waals surface area contributed by atoms with Crippen LogP contribution in [-0.4, -0.2) is 23.1 Å². The van der Waals surface area contributed by atoms with Gasteiger partial charge in [-0.05, 0) is 47.5 Å². The number of rotatable bonds is 4. The molecule has 98 valence electrons. The zero-order valence-corrected chi connectivity index (χ0v) is 11.7. The molecule has 1 rings (SSSR count). The molecular weight excluding hydrogens is 300 g/mol. The van der Waals surface area contributed by atoms with E-state index in [1.54, 1.807) is 6.07 Å². The molecular formula is C12H15BrN2O3. The highest BCUT2D eigenvalue weighted by Crippen LogP contribution is 2.23. The first-order valence-electron chi connectivity index (χ1n) is 5.54. The molecule has 0 saturated heterocycles. The topological polar surface area (TPSA) is 78.4 Å². The lowest BCUT2D eigenvalue weighted by atomic mass is 10.2. The van der Waals surface area contributed by atoms with Crippen molar-refractivity contribution in [3.05, 3.63) is 28.2 Å². The summed E-state index contributed by atoms with van der Waals surface area (Å²) < 4.78 is 0.529. The second-order valence-corrected chi connectivity index (χ2v) is 4.76. The van der Waals surface area contributed by atoms with Crippen LogP contribution in [0.25, 0.3) is 0 Å². The molecule has 1 aromatic rings. The van der Waals surface area contributed by atoms with Crippen LogP contribution in [0.4, 0.5) is 10.5 Å². The van der Waals surface area contributed by atoms with Crippen LogP contribution in [0, 0.1) is 0 Å². The normalized spacial score (nSPS) is 11.7. The Hall–Kier alpha value is -1.56. The molecule has 6 heteroatoms. The summed E-state index contributed by atoms with van der Waals surface area (Å²) in [6, 6.07) is 4.20. The second kappa shape index (κ2) is 6.39. The molecule has 0 heterocycles. The van der Waals surface area contributed by atoms with Gasteiger partial charge in [-0.25, -0.2) is 9.59 Å². The van der Waals surface area contributed by atoms with Gasteiger partial charge in [0.05, 0.1) is 11.3 Å². The van der Waals surface area contributed by atoms with Crippen molar-refractivity contribution in [2.24, 2.45) is 0 Å². The highest BCUT2D eigenvalue weighted by molar-refractivity contribution is 9.10. The van der Waals surface area contributed by atoms with E-state index in [-0.39, 0.29) is 17.6 Å². The van der Waals surface area contributed by atoms with Crippen LogP contribution in [0.1, 0.15) is 30.6 Å². The monoisotopic (exact) mass is 314 g/mol. The lowest BCUT2D eigenvalue weighted by Crippen LogP contribution is -2.35. The third kappa shape index (κ3) is 4.03. The Morgan fingerprint density at radius 1 is 1.44 bits per heavy atom. The van der Waals surface area contributed by atoms with Crippen LogP contribution in [0.5, 0.6) is 0 Å². The molecule has 1 unspecified atom stereocenters. The van der Waals surface area contributed by atoms with Gasteiger partial charge in [-0.1, -0.05) is 6.92 Å². The summed E-state index contributed by atoms with van der Waals surface area (Å²) >= 11 is 3.22. The molecule has 0 saturated carbocycles. The summed E-state index contributed by atoms with van der Waals surface area (Å²) in [6.07, 6.45) is 0.840. The first-order chi connectivity index (χ1) is 8.43. The number of carboxylic acid groups (broad SMARTS) is 1. The summed E-state index contributed by atoms with van der Waals surface area (Å²) in [5.74, 6) is -1.01. The van der Waals surface area contributed by atoms with E-state index < -0.39 is 5.97 Å². The van der Waals surface area contributed by atoms with E-state index in [2.05, 4.69) is 26.6 Å². The number of urea groups is 1. The molecule has 0 aliphatic rings. The van der Waals surface area contributed by atoms with Gasteiger partial charge in [0.25, 0.3) is 0 Å². The molecule has 1 atom stereocenters. The minimum atomic E-state index is -1.01. The molecule has 5 nitrogen and oxygen atoms in total. The average molecular weight is 315 g/mol. The van der Waals surface area contributed by atoms with Gasteiger partial charge in [-0.2, -0.15) is 0 Å². The number of carbonyl (C=O) groups excluding carboxylic acids is 1. The average Bonchev–Trinajstić information content (AvgIpc) is 2.31. The largest absolute Gasteiger partial charge is 0.478 e. The van der Waals surface area contributed by atoms with Gasteiger partial charge in [0.1, 0.15) is 0 Å². The summed E-state index contributed by atoms with van der Waals surface area (Å²) in [5.41, 5.74) is 0.690. The van der Waals surface area contributed by atoms with E-state index >= 15 is 0 Å². The maximum atomic E-state index is 11.6. The molecule has 1 aromatic carbocycles. The molecule has 18 heavy (non-hydrogen) atoms. The third-order valence-corrected chi connectivity index (χ3v) is 3.11. The molecule has 2 amide bonds. The molecule has 0 aliphatic heterocycles. The Balaban J connectivity index is 2.74. The molecule has 0 fully saturated rings. The number of nitrogens with one attached hydrogen (secondary N) is 2. The second-order valence-electron chi connectivity index (χ2n) is 3.91. The fraction of sp³-hybridized carbons (Fsp3) is 0.333. The van der Waals surface area contributed by atoms with Crippen molar-refractivity contribution in [2.45, 2.75) is 26.3 Å². The molecule has 0 radical (unpaired) electrons. The number of anilines is 1. The molecule has 0 spiro atoms. The van der Waals surface area contributed by atoms with Crippen molar-refractivity contribution >= 4 is 33.6 Å². The number of amides is 2. The Bertz CT molecular complexity index is 463.